The summed E-state index contributed by atoms with van der Waals surface area (Å²) in [5.74, 6) is 0.495. The van der Waals surface area contributed by atoms with Crippen molar-refractivity contribution in [3.8, 4) is 17.3 Å². The lowest BCUT2D eigenvalue weighted by molar-refractivity contribution is 0.168. The molecule has 1 aliphatic rings. The van der Waals surface area contributed by atoms with Crippen molar-refractivity contribution in [2.24, 2.45) is 0 Å². The highest BCUT2D eigenvalue weighted by Crippen LogP contribution is 2.30. The third kappa shape index (κ3) is 4.58. The van der Waals surface area contributed by atoms with E-state index >= 15 is 0 Å². The SMILES string of the molecule is C[C@H](NC(=O)N1CCN(c2ncnc3[nH]c(-c4ccc(C#N)cc4)cc23)C[C@H]1C)c1cccc(F)c1. The molecule has 182 valence electrons. The zero-order valence-corrected chi connectivity index (χ0v) is 20.1. The van der Waals surface area contributed by atoms with E-state index in [2.05, 4.69) is 31.2 Å². The van der Waals surface area contributed by atoms with Gasteiger partial charge in [-0.1, -0.05) is 24.3 Å². The average Bonchev–Trinajstić information content (AvgIpc) is 3.33. The molecule has 1 saturated heterocycles. The zero-order chi connectivity index (χ0) is 25.2. The Morgan fingerprint density at radius 3 is 2.72 bits per heavy atom. The fourth-order valence-corrected chi connectivity index (χ4v) is 4.64. The molecule has 36 heavy (non-hydrogen) atoms. The van der Waals surface area contributed by atoms with Crippen LogP contribution in [0.1, 0.15) is 31.0 Å². The molecule has 0 aliphatic carbocycles. The highest BCUT2D eigenvalue weighted by molar-refractivity contribution is 5.92. The average molecular weight is 484 g/mol. The molecule has 0 saturated carbocycles. The molecule has 2 atom stereocenters. The number of carbonyl (C=O) groups is 1. The summed E-state index contributed by atoms with van der Waals surface area (Å²) in [5.41, 5.74) is 3.92. The number of urea groups is 1. The Balaban J connectivity index is 1.30. The summed E-state index contributed by atoms with van der Waals surface area (Å²) in [7, 11) is 0. The number of halogens is 1. The topological polar surface area (TPSA) is 101 Å². The molecule has 2 amide bonds. The Morgan fingerprint density at radius 1 is 1.19 bits per heavy atom. The van der Waals surface area contributed by atoms with Crippen LogP contribution in [0.15, 0.2) is 60.9 Å². The first-order chi connectivity index (χ1) is 17.4. The fourth-order valence-electron chi connectivity index (χ4n) is 4.64. The molecule has 0 spiro atoms. The van der Waals surface area contributed by atoms with Crippen LogP contribution in [0.4, 0.5) is 15.0 Å². The van der Waals surface area contributed by atoms with Gasteiger partial charge in [0.2, 0.25) is 0 Å². The molecule has 8 nitrogen and oxygen atoms in total. The normalized spacial score (nSPS) is 16.6. The first-order valence-electron chi connectivity index (χ1n) is 11.8. The molecule has 3 heterocycles. The number of aromatic amines is 1. The van der Waals surface area contributed by atoms with E-state index in [4.69, 9.17) is 5.26 Å². The molecule has 1 aliphatic heterocycles. The fraction of sp³-hybridized carbons (Fsp3) is 0.259. The number of H-pyrrole nitrogens is 1. The van der Waals surface area contributed by atoms with Gasteiger partial charge in [-0.3, -0.25) is 0 Å². The molecule has 0 radical (unpaired) electrons. The van der Waals surface area contributed by atoms with Gasteiger partial charge in [0.15, 0.2) is 0 Å². The lowest BCUT2D eigenvalue weighted by Gasteiger charge is -2.40. The van der Waals surface area contributed by atoms with Gasteiger partial charge in [-0.15, -0.1) is 0 Å². The number of fused-ring (bicyclic) bond motifs is 1. The second-order valence-corrected chi connectivity index (χ2v) is 9.05. The minimum absolute atomic E-state index is 0.0552. The van der Waals surface area contributed by atoms with Gasteiger partial charge in [-0.05, 0) is 55.3 Å². The molecule has 5 rings (SSSR count). The first kappa shape index (κ1) is 23.3. The zero-order valence-electron chi connectivity index (χ0n) is 20.1. The van der Waals surface area contributed by atoms with E-state index in [-0.39, 0.29) is 23.9 Å². The highest BCUT2D eigenvalue weighted by atomic mass is 19.1. The maximum Gasteiger partial charge on any atom is 0.318 e. The van der Waals surface area contributed by atoms with Crippen molar-refractivity contribution < 1.29 is 9.18 Å². The highest BCUT2D eigenvalue weighted by Gasteiger charge is 2.30. The lowest BCUT2D eigenvalue weighted by Crippen LogP contribution is -2.57. The second kappa shape index (κ2) is 9.66. The lowest BCUT2D eigenvalue weighted by atomic mass is 10.1. The number of hydrogen-bond donors (Lipinski definition) is 2. The van der Waals surface area contributed by atoms with Gasteiger partial charge in [0.05, 0.1) is 23.1 Å². The summed E-state index contributed by atoms with van der Waals surface area (Å²) in [5, 5.41) is 12.9. The van der Waals surface area contributed by atoms with Crippen LogP contribution in [0.3, 0.4) is 0 Å². The number of nitriles is 1. The Kier molecular flexibility index (Phi) is 6.25. The molecular weight excluding hydrogens is 457 g/mol. The molecule has 9 heteroatoms. The van der Waals surface area contributed by atoms with Crippen LogP contribution < -0.4 is 10.2 Å². The van der Waals surface area contributed by atoms with Crippen molar-refractivity contribution in [1.82, 2.24) is 25.2 Å². The minimum Gasteiger partial charge on any atom is -0.352 e. The molecule has 2 aromatic heterocycles. The van der Waals surface area contributed by atoms with Gasteiger partial charge in [0.1, 0.15) is 23.6 Å². The summed E-state index contributed by atoms with van der Waals surface area (Å²) >= 11 is 0. The van der Waals surface area contributed by atoms with Crippen LogP contribution in [-0.2, 0) is 0 Å². The Bertz CT molecular complexity index is 1440. The number of aromatic nitrogens is 3. The molecule has 0 bridgehead atoms. The van der Waals surface area contributed by atoms with Crippen LogP contribution in [0.5, 0.6) is 0 Å². The number of amides is 2. The van der Waals surface area contributed by atoms with E-state index < -0.39 is 0 Å². The number of nitrogens with zero attached hydrogens (tertiary/aromatic N) is 5. The van der Waals surface area contributed by atoms with Gasteiger partial charge in [-0.2, -0.15) is 5.26 Å². The smallest absolute Gasteiger partial charge is 0.318 e. The first-order valence-corrected chi connectivity index (χ1v) is 11.8. The van der Waals surface area contributed by atoms with E-state index in [0.717, 1.165) is 33.7 Å². The van der Waals surface area contributed by atoms with Crippen LogP contribution in [0.25, 0.3) is 22.3 Å². The predicted molar refractivity (Wildman–Crippen MR) is 136 cm³/mol. The van der Waals surface area contributed by atoms with Crippen LogP contribution in [0, 0.1) is 17.1 Å². The summed E-state index contributed by atoms with van der Waals surface area (Å²) in [6.07, 6.45) is 1.54. The van der Waals surface area contributed by atoms with Crippen LogP contribution >= 0.6 is 0 Å². The van der Waals surface area contributed by atoms with Gasteiger partial charge in [-0.25, -0.2) is 19.2 Å². The van der Waals surface area contributed by atoms with E-state index in [0.29, 0.717) is 25.2 Å². The number of carbonyl (C=O) groups excluding carboxylic acids is 1. The van der Waals surface area contributed by atoms with Crippen molar-refractivity contribution in [1.29, 1.82) is 5.26 Å². The Labute approximate surface area is 208 Å². The Hall–Kier alpha value is -4.45. The van der Waals surface area contributed by atoms with Crippen LogP contribution in [0.2, 0.25) is 0 Å². The maximum atomic E-state index is 13.6. The van der Waals surface area contributed by atoms with E-state index in [1.165, 1.54) is 12.1 Å². The van der Waals surface area contributed by atoms with Crippen molar-refractivity contribution >= 4 is 22.9 Å². The third-order valence-corrected chi connectivity index (χ3v) is 6.61. The molecule has 4 aromatic rings. The van der Waals surface area contributed by atoms with Gasteiger partial charge in [0.25, 0.3) is 0 Å². The maximum absolute atomic E-state index is 13.6. The van der Waals surface area contributed by atoms with Crippen molar-refractivity contribution in [2.45, 2.75) is 25.9 Å². The van der Waals surface area contributed by atoms with Crippen LogP contribution in [-0.4, -0.2) is 51.6 Å². The summed E-state index contributed by atoms with van der Waals surface area (Å²) < 4.78 is 13.6. The number of piperazine rings is 1. The largest absolute Gasteiger partial charge is 0.352 e. The molecule has 2 aromatic carbocycles. The summed E-state index contributed by atoms with van der Waals surface area (Å²) in [6.45, 7) is 5.63. The van der Waals surface area contributed by atoms with Crippen molar-refractivity contribution in [2.75, 3.05) is 24.5 Å². The monoisotopic (exact) mass is 483 g/mol. The number of nitrogens with one attached hydrogen (secondary N) is 2. The standard InChI is InChI=1S/C27H26FN7O/c1-17-15-34(10-11-35(17)27(36)32-18(2)21-4-3-5-22(28)12-21)26-23-13-24(33-25(23)30-16-31-26)20-8-6-19(14-29)7-9-20/h3-9,12-13,16-18H,10-11,15H2,1-2H3,(H,32,36)(H,30,31,33)/t17-,18+/m1/s1. The number of rotatable bonds is 4. The van der Waals surface area contributed by atoms with E-state index in [9.17, 15) is 9.18 Å². The Morgan fingerprint density at radius 2 is 2.00 bits per heavy atom. The molecular formula is C27H26FN7O. The minimum atomic E-state index is -0.321. The predicted octanol–water partition coefficient (Wildman–Crippen LogP) is 4.62. The summed E-state index contributed by atoms with van der Waals surface area (Å²) in [6, 6.07) is 17.3. The van der Waals surface area contributed by atoms with Gasteiger partial charge >= 0.3 is 6.03 Å². The summed E-state index contributed by atoms with van der Waals surface area (Å²) in [4.78, 5) is 29.3. The second-order valence-electron chi connectivity index (χ2n) is 9.05. The molecule has 2 N–H and O–H groups in total. The van der Waals surface area contributed by atoms with Crippen molar-refractivity contribution in [3.05, 3.63) is 77.9 Å². The number of hydrogen-bond acceptors (Lipinski definition) is 5. The quantitative estimate of drug-likeness (QED) is 0.441. The third-order valence-electron chi connectivity index (χ3n) is 6.61. The number of benzene rings is 2. The van der Waals surface area contributed by atoms with E-state index in [1.54, 1.807) is 30.6 Å². The number of anilines is 1. The van der Waals surface area contributed by atoms with Crippen molar-refractivity contribution in [3.63, 3.8) is 0 Å². The van der Waals surface area contributed by atoms with Gasteiger partial charge in [0, 0.05) is 31.4 Å². The molecule has 0 unspecified atom stereocenters. The molecule has 1 fully saturated rings. The van der Waals surface area contributed by atoms with E-state index in [1.807, 2.05) is 36.9 Å². The van der Waals surface area contributed by atoms with Gasteiger partial charge < -0.3 is 20.1 Å².